The Morgan fingerprint density at radius 2 is 2.09 bits per heavy atom. The van der Waals surface area contributed by atoms with E-state index in [9.17, 15) is 9.59 Å². The fourth-order valence-corrected chi connectivity index (χ4v) is 3.73. The third kappa shape index (κ3) is 5.08. The molecule has 0 saturated heterocycles. The van der Waals surface area contributed by atoms with Crippen LogP contribution in [0.25, 0.3) is 0 Å². The SMILES string of the molecule is Cc1cc(C)c(Nc2nnc(SCC(=O)NC(N)=O)s2)c(Cl)c1. The number of nitrogens with zero attached hydrogens (tertiary/aromatic N) is 2. The number of primary amides is 1. The number of nitrogens with two attached hydrogens (primary N) is 1. The molecule has 0 spiro atoms. The number of thioether (sulfide) groups is 1. The predicted molar refractivity (Wildman–Crippen MR) is 92.6 cm³/mol. The van der Waals surface area contributed by atoms with E-state index in [0.29, 0.717) is 14.5 Å². The average molecular weight is 372 g/mol. The van der Waals surface area contributed by atoms with Crippen LogP contribution in [0.1, 0.15) is 11.1 Å². The molecule has 0 aliphatic rings. The number of hydrogen-bond acceptors (Lipinski definition) is 7. The zero-order valence-corrected chi connectivity index (χ0v) is 14.7. The highest BCUT2D eigenvalue weighted by atomic mass is 35.5. The van der Waals surface area contributed by atoms with Crippen molar-refractivity contribution in [3.05, 3.63) is 28.3 Å². The number of carbonyl (C=O) groups excluding carboxylic acids is 2. The van der Waals surface area contributed by atoms with Crippen molar-refractivity contribution in [2.45, 2.75) is 18.2 Å². The summed E-state index contributed by atoms with van der Waals surface area (Å²) < 4.78 is 0.591. The summed E-state index contributed by atoms with van der Waals surface area (Å²) in [4.78, 5) is 21.9. The molecule has 7 nitrogen and oxygen atoms in total. The van der Waals surface area contributed by atoms with Gasteiger partial charge in [0.05, 0.1) is 16.5 Å². The predicted octanol–water partition coefficient (Wildman–Crippen LogP) is 2.84. The third-order valence-electron chi connectivity index (χ3n) is 2.66. The van der Waals surface area contributed by atoms with Crippen LogP contribution in [-0.2, 0) is 4.79 Å². The molecule has 1 heterocycles. The van der Waals surface area contributed by atoms with Crippen LogP contribution in [0.3, 0.4) is 0 Å². The van der Waals surface area contributed by atoms with Crippen molar-refractivity contribution >= 4 is 57.5 Å². The van der Waals surface area contributed by atoms with Crippen LogP contribution >= 0.6 is 34.7 Å². The van der Waals surface area contributed by atoms with E-state index in [0.717, 1.165) is 28.6 Å². The Morgan fingerprint density at radius 1 is 1.35 bits per heavy atom. The average Bonchev–Trinajstić information content (AvgIpc) is 2.87. The lowest BCUT2D eigenvalue weighted by atomic mass is 10.1. The second kappa shape index (κ2) is 7.62. The molecular formula is C13H14ClN5O2S2. The van der Waals surface area contributed by atoms with Crippen LogP contribution in [0.5, 0.6) is 0 Å². The van der Waals surface area contributed by atoms with Gasteiger partial charge in [0.1, 0.15) is 0 Å². The number of benzene rings is 1. The van der Waals surface area contributed by atoms with Crippen LogP contribution in [-0.4, -0.2) is 27.9 Å². The van der Waals surface area contributed by atoms with Gasteiger partial charge in [-0.1, -0.05) is 40.8 Å². The summed E-state index contributed by atoms with van der Waals surface area (Å²) >= 11 is 8.68. The highest BCUT2D eigenvalue weighted by Crippen LogP contribution is 2.33. The van der Waals surface area contributed by atoms with Crippen molar-refractivity contribution in [3.63, 3.8) is 0 Å². The largest absolute Gasteiger partial charge is 0.351 e. The van der Waals surface area contributed by atoms with Gasteiger partial charge < -0.3 is 11.1 Å². The van der Waals surface area contributed by atoms with Gasteiger partial charge in [-0.2, -0.15) is 0 Å². The summed E-state index contributed by atoms with van der Waals surface area (Å²) in [5, 5.41) is 14.3. The van der Waals surface area contributed by atoms with Crippen LogP contribution in [0, 0.1) is 13.8 Å². The van der Waals surface area contributed by atoms with E-state index in [1.165, 1.54) is 11.3 Å². The highest BCUT2D eigenvalue weighted by molar-refractivity contribution is 8.01. The number of aryl methyl sites for hydroxylation is 2. The summed E-state index contributed by atoms with van der Waals surface area (Å²) in [6.07, 6.45) is 0. The molecule has 0 saturated carbocycles. The lowest BCUT2D eigenvalue weighted by molar-refractivity contribution is -0.117. The van der Waals surface area contributed by atoms with E-state index in [2.05, 4.69) is 15.5 Å². The number of anilines is 2. The van der Waals surface area contributed by atoms with Gasteiger partial charge in [-0.05, 0) is 31.0 Å². The topological polar surface area (TPSA) is 110 Å². The maximum atomic E-state index is 11.3. The van der Waals surface area contributed by atoms with Crippen molar-refractivity contribution in [2.75, 3.05) is 11.1 Å². The maximum absolute atomic E-state index is 11.3. The van der Waals surface area contributed by atoms with Crippen molar-refractivity contribution in [1.82, 2.24) is 15.5 Å². The molecule has 1 aromatic heterocycles. The number of hydrogen-bond donors (Lipinski definition) is 3. The van der Waals surface area contributed by atoms with Crippen LogP contribution in [0.15, 0.2) is 16.5 Å². The maximum Gasteiger partial charge on any atom is 0.318 e. The van der Waals surface area contributed by atoms with Gasteiger partial charge in [0.25, 0.3) is 0 Å². The molecule has 122 valence electrons. The molecule has 2 aromatic rings. The molecule has 3 amide bonds. The fraction of sp³-hybridized carbons (Fsp3) is 0.231. The second-order valence-corrected chi connectivity index (χ2v) is 7.25. The molecule has 0 aliphatic heterocycles. The first-order chi connectivity index (χ1) is 10.8. The number of amides is 3. The molecule has 23 heavy (non-hydrogen) atoms. The summed E-state index contributed by atoms with van der Waals surface area (Å²) in [6.45, 7) is 3.92. The van der Waals surface area contributed by atoms with E-state index in [1.54, 1.807) is 0 Å². The van der Waals surface area contributed by atoms with Crippen LogP contribution < -0.4 is 16.4 Å². The standard InChI is InChI=1S/C13H14ClN5O2S2/c1-6-3-7(2)10(8(14)4-6)17-12-18-19-13(23-12)22-5-9(20)16-11(15)21/h3-4H,5H2,1-2H3,(H,17,18)(H3,15,16,20,21). The Bertz CT molecular complexity index is 727. The van der Waals surface area contributed by atoms with E-state index < -0.39 is 11.9 Å². The number of nitrogens with one attached hydrogen (secondary N) is 2. The van der Waals surface area contributed by atoms with Crippen molar-refractivity contribution in [3.8, 4) is 0 Å². The quantitative estimate of drug-likeness (QED) is 0.697. The summed E-state index contributed by atoms with van der Waals surface area (Å²) in [5.41, 5.74) is 7.71. The van der Waals surface area contributed by atoms with Crippen molar-refractivity contribution < 1.29 is 9.59 Å². The van der Waals surface area contributed by atoms with Crippen molar-refractivity contribution in [2.24, 2.45) is 5.73 Å². The number of urea groups is 1. The first kappa shape index (κ1) is 17.5. The molecule has 0 atom stereocenters. The van der Waals surface area contributed by atoms with E-state index in [4.69, 9.17) is 17.3 Å². The first-order valence-electron chi connectivity index (χ1n) is 6.44. The highest BCUT2D eigenvalue weighted by Gasteiger charge is 2.12. The fourth-order valence-electron chi connectivity index (χ4n) is 1.80. The Morgan fingerprint density at radius 3 is 2.74 bits per heavy atom. The Labute approximate surface area is 146 Å². The van der Waals surface area contributed by atoms with Crippen molar-refractivity contribution in [1.29, 1.82) is 0 Å². The minimum Gasteiger partial charge on any atom is -0.351 e. The smallest absolute Gasteiger partial charge is 0.318 e. The van der Waals surface area contributed by atoms with Gasteiger partial charge in [-0.15, -0.1) is 10.2 Å². The molecule has 0 unspecified atom stereocenters. The van der Waals surface area contributed by atoms with Gasteiger partial charge >= 0.3 is 6.03 Å². The summed E-state index contributed by atoms with van der Waals surface area (Å²) in [7, 11) is 0. The molecule has 2 rings (SSSR count). The lowest BCUT2D eigenvalue weighted by Gasteiger charge is -2.09. The molecule has 1 aromatic carbocycles. The van der Waals surface area contributed by atoms with Gasteiger partial charge in [0.2, 0.25) is 11.0 Å². The number of carbonyl (C=O) groups is 2. The van der Waals surface area contributed by atoms with Gasteiger partial charge in [0.15, 0.2) is 4.34 Å². The first-order valence-corrected chi connectivity index (χ1v) is 8.62. The lowest BCUT2D eigenvalue weighted by Crippen LogP contribution is -2.36. The number of halogens is 1. The van der Waals surface area contributed by atoms with Crippen LogP contribution in [0.2, 0.25) is 5.02 Å². The minimum absolute atomic E-state index is 0.0297. The molecule has 0 bridgehead atoms. The van der Waals surface area contributed by atoms with E-state index in [-0.39, 0.29) is 5.75 Å². The monoisotopic (exact) mass is 371 g/mol. The molecule has 0 aliphatic carbocycles. The van der Waals surface area contributed by atoms with E-state index >= 15 is 0 Å². The third-order valence-corrected chi connectivity index (χ3v) is 4.93. The summed E-state index contributed by atoms with van der Waals surface area (Å²) in [5.74, 6) is -0.452. The number of aromatic nitrogens is 2. The Balaban J connectivity index is 2.00. The van der Waals surface area contributed by atoms with Crippen LogP contribution in [0.4, 0.5) is 15.6 Å². The van der Waals surface area contributed by atoms with E-state index in [1.807, 2.05) is 31.3 Å². The number of imide groups is 1. The van der Waals surface area contributed by atoms with Gasteiger partial charge in [-0.25, -0.2) is 4.79 Å². The zero-order valence-electron chi connectivity index (χ0n) is 12.3. The number of rotatable bonds is 5. The Hall–Kier alpha value is -1.84. The van der Waals surface area contributed by atoms with Gasteiger partial charge in [-0.3, -0.25) is 10.1 Å². The minimum atomic E-state index is -0.875. The zero-order chi connectivity index (χ0) is 17.0. The van der Waals surface area contributed by atoms with Gasteiger partial charge in [0, 0.05) is 0 Å². The molecule has 4 N–H and O–H groups in total. The molecule has 10 heteroatoms. The normalized spacial score (nSPS) is 10.4. The molecule has 0 radical (unpaired) electrons. The Kier molecular flexibility index (Phi) is 5.80. The molecule has 0 fully saturated rings. The summed E-state index contributed by atoms with van der Waals surface area (Å²) in [6, 6.07) is 3.00. The molecular weight excluding hydrogens is 358 g/mol. The second-order valence-electron chi connectivity index (χ2n) is 4.64.